The van der Waals surface area contributed by atoms with Crippen molar-refractivity contribution >= 4 is 29.6 Å². The molecule has 2 aromatic carbocycles. The van der Waals surface area contributed by atoms with Crippen LogP contribution >= 0.6 is 11.9 Å². The maximum atomic E-state index is 11.0. The van der Waals surface area contributed by atoms with E-state index in [-0.39, 0.29) is 33.4 Å². The molecule has 0 aliphatic heterocycles. The monoisotopic (exact) mass is 366 g/mol. The van der Waals surface area contributed by atoms with Crippen LogP contribution in [0.15, 0.2) is 35.2 Å². The number of phenols is 5. The van der Waals surface area contributed by atoms with Crippen molar-refractivity contribution in [2.24, 2.45) is 0 Å². The van der Waals surface area contributed by atoms with Crippen molar-refractivity contribution in [3.63, 3.8) is 0 Å². The van der Waals surface area contributed by atoms with Crippen molar-refractivity contribution < 1.29 is 35.5 Å². The van der Waals surface area contributed by atoms with Gasteiger partial charge in [-0.3, -0.25) is 10.0 Å². The average Bonchev–Trinajstić information content (AvgIpc) is 2.54. The quantitative estimate of drug-likeness (QED) is 0.0985. The smallest absolute Gasteiger partial charge is 0.267 e. The van der Waals surface area contributed by atoms with Gasteiger partial charge in [0.25, 0.3) is 5.91 Å². The number of phenolic OH excluding ortho intramolecular Hbond substituents is 5. The molecule has 0 saturated heterocycles. The van der Waals surface area contributed by atoms with Crippen molar-refractivity contribution in [2.45, 2.75) is 4.90 Å². The summed E-state index contributed by atoms with van der Waals surface area (Å²) < 4.78 is 2.61. The Labute approximate surface area is 145 Å². The number of benzene rings is 2. The summed E-state index contributed by atoms with van der Waals surface area (Å²) in [5, 5.41) is 56.7. The molecule has 2 rings (SSSR count). The Balaban J connectivity index is 2.25. The number of hydrogen-bond donors (Lipinski definition) is 8. The molecule has 0 spiro atoms. The van der Waals surface area contributed by atoms with E-state index in [4.69, 9.17) is 5.21 Å². The van der Waals surface area contributed by atoms with Gasteiger partial charge in [-0.25, -0.2) is 5.48 Å². The van der Waals surface area contributed by atoms with Crippen LogP contribution in [0.5, 0.6) is 28.7 Å². The van der Waals surface area contributed by atoms with E-state index in [0.717, 1.165) is 36.2 Å². The number of rotatable bonds is 5. The van der Waals surface area contributed by atoms with Crippen LogP contribution in [0.3, 0.4) is 0 Å². The fraction of sp³-hybridized carbons (Fsp3) is 0. The average molecular weight is 366 g/mol. The Morgan fingerprint density at radius 1 is 0.920 bits per heavy atom. The maximum Gasteiger partial charge on any atom is 0.267 e. The third-order valence-corrected chi connectivity index (χ3v) is 3.83. The van der Waals surface area contributed by atoms with E-state index in [0.29, 0.717) is 0 Å². The summed E-state index contributed by atoms with van der Waals surface area (Å²) in [6.07, 6.45) is 2.17. The summed E-state index contributed by atoms with van der Waals surface area (Å²) in [4.78, 5) is 11.2. The van der Waals surface area contributed by atoms with Crippen LogP contribution in [0.25, 0.3) is 6.08 Å². The summed E-state index contributed by atoms with van der Waals surface area (Å²) in [7, 11) is 0. The Hall–Kier alpha value is -3.24. The summed E-state index contributed by atoms with van der Waals surface area (Å²) in [5.74, 6) is -2.56. The predicted octanol–water partition coefficient (Wildman–Crippen LogP) is 1.85. The molecule has 0 bridgehead atoms. The highest BCUT2D eigenvalue weighted by atomic mass is 32.2. The lowest BCUT2D eigenvalue weighted by Gasteiger charge is -2.12. The molecule has 0 fully saturated rings. The Bertz CT molecular complexity index is 816. The normalized spacial score (nSPS) is 10.8. The van der Waals surface area contributed by atoms with E-state index >= 15 is 0 Å². The predicted molar refractivity (Wildman–Crippen MR) is 89.7 cm³/mol. The van der Waals surface area contributed by atoms with Gasteiger partial charge in [0.05, 0.1) is 4.90 Å². The molecular weight excluding hydrogens is 352 g/mol. The molecule has 0 aliphatic rings. The molecule has 0 heterocycles. The number of hydrogen-bond acceptors (Lipinski definition) is 9. The van der Waals surface area contributed by atoms with Crippen molar-refractivity contribution in [1.82, 2.24) is 5.48 Å². The van der Waals surface area contributed by atoms with Crippen molar-refractivity contribution in [2.75, 3.05) is 4.72 Å². The fourth-order valence-corrected chi connectivity index (χ4v) is 2.57. The first-order chi connectivity index (χ1) is 11.8. The molecule has 0 aliphatic carbocycles. The second-order valence-electron chi connectivity index (χ2n) is 4.75. The zero-order valence-corrected chi connectivity index (χ0v) is 13.3. The van der Waals surface area contributed by atoms with Gasteiger partial charge in [-0.05, 0) is 24.1 Å². The van der Waals surface area contributed by atoms with Gasteiger partial charge in [-0.15, -0.1) is 0 Å². The van der Waals surface area contributed by atoms with E-state index in [1.165, 1.54) is 17.6 Å². The second kappa shape index (κ2) is 7.55. The fourth-order valence-electron chi connectivity index (χ4n) is 1.80. The molecule has 0 unspecified atom stereocenters. The van der Waals surface area contributed by atoms with Gasteiger partial charge >= 0.3 is 0 Å². The number of nitrogens with one attached hydrogen (secondary N) is 2. The number of carbonyl (C=O) groups excluding carboxylic acids is 1. The molecule has 132 valence electrons. The minimum atomic E-state index is -0.807. The first kappa shape index (κ1) is 18.1. The Morgan fingerprint density at radius 2 is 1.56 bits per heavy atom. The molecular formula is C15H14N2O7S. The first-order valence-electron chi connectivity index (χ1n) is 6.67. The van der Waals surface area contributed by atoms with Gasteiger partial charge in [0.15, 0.2) is 0 Å². The van der Waals surface area contributed by atoms with Gasteiger partial charge in [0, 0.05) is 29.8 Å². The standard InChI is InChI=1S/C15H14N2O7S/c18-8-4-11(21)15(12(22)5-8)17-25-13-3-7(1-2-14(23)16-24)9(19)6-10(13)20/h1-6,17-22,24H,(H,16,23)/b2-1+. The Kier molecular flexibility index (Phi) is 5.47. The van der Waals surface area contributed by atoms with Crippen LogP contribution in [0, 0.1) is 0 Å². The molecule has 8 N–H and O–H groups in total. The SMILES string of the molecule is O=C(/C=C/c1cc(SNc2c(O)cc(O)cc2O)c(O)cc1O)NO. The number of anilines is 1. The van der Waals surface area contributed by atoms with Gasteiger partial charge < -0.3 is 30.3 Å². The van der Waals surface area contributed by atoms with Crippen LogP contribution in [0.2, 0.25) is 0 Å². The van der Waals surface area contributed by atoms with Crippen LogP contribution in [-0.2, 0) is 4.79 Å². The molecule has 0 saturated carbocycles. The zero-order chi connectivity index (χ0) is 18.6. The van der Waals surface area contributed by atoms with E-state index in [2.05, 4.69) is 4.72 Å². The minimum absolute atomic E-state index is 0.0907. The molecule has 2 aromatic rings. The highest BCUT2D eigenvalue weighted by Gasteiger charge is 2.13. The molecule has 0 atom stereocenters. The lowest BCUT2D eigenvalue weighted by atomic mass is 10.1. The summed E-state index contributed by atoms with van der Waals surface area (Å²) in [6, 6.07) is 4.40. The third-order valence-electron chi connectivity index (χ3n) is 2.98. The van der Waals surface area contributed by atoms with E-state index < -0.39 is 17.4 Å². The van der Waals surface area contributed by atoms with Crippen molar-refractivity contribution in [1.29, 1.82) is 0 Å². The number of aromatic hydroxyl groups is 5. The number of hydroxylamine groups is 1. The number of amides is 1. The summed E-state index contributed by atoms with van der Waals surface area (Å²) in [6.45, 7) is 0. The van der Waals surface area contributed by atoms with Crippen molar-refractivity contribution in [3.05, 3.63) is 35.9 Å². The molecule has 0 aromatic heterocycles. The molecule has 25 heavy (non-hydrogen) atoms. The van der Waals surface area contributed by atoms with Crippen LogP contribution in [-0.4, -0.2) is 36.6 Å². The van der Waals surface area contributed by atoms with Crippen LogP contribution in [0.4, 0.5) is 5.69 Å². The van der Waals surface area contributed by atoms with Gasteiger partial charge in [0.1, 0.15) is 34.4 Å². The van der Waals surface area contributed by atoms with Gasteiger partial charge in [0.2, 0.25) is 0 Å². The maximum absolute atomic E-state index is 11.0. The molecule has 1 amide bonds. The zero-order valence-electron chi connectivity index (χ0n) is 12.5. The molecule has 0 radical (unpaired) electrons. The Morgan fingerprint density at radius 3 is 2.16 bits per heavy atom. The largest absolute Gasteiger partial charge is 0.508 e. The third kappa shape index (κ3) is 4.40. The van der Waals surface area contributed by atoms with Crippen LogP contribution in [0.1, 0.15) is 5.56 Å². The van der Waals surface area contributed by atoms with E-state index in [1.54, 1.807) is 0 Å². The summed E-state index contributed by atoms with van der Waals surface area (Å²) >= 11 is 0.801. The van der Waals surface area contributed by atoms with Crippen molar-refractivity contribution in [3.8, 4) is 28.7 Å². The lowest BCUT2D eigenvalue weighted by Crippen LogP contribution is -2.14. The second-order valence-corrected chi connectivity index (χ2v) is 5.60. The highest BCUT2D eigenvalue weighted by molar-refractivity contribution is 8.00. The molecule has 9 nitrogen and oxygen atoms in total. The lowest BCUT2D eigenvalue weighted by molar-refractivity contribution is -0.124. The number of carbonyl (C=O) groups is 1. The minimum Gasteiger partial charge on any atom is -0.508 e. The van der Waals surface area contributed by atoms with E-state index in [1.807, 2.05) is 0 Å². The van der Waals surface area contributed by atoms with Crippen LogP contribution < -0.4 is 10.2 Å². The molecule has 10 heteroatoms. The first-order valence-corrected chi connectivity index (χ1v) is 7.49. The van der Waals surface area contributed by atoms with Gasteiger partial charge in [-0.1, -0.05) is 0 Å². The van der Waals surface area contributed by atoms with Gasteiger partial charge in [-0.2, -0.15) is 0 Å². The van der Waals surface area contributed by atoms with E-state index in [9.17, 15) is 30.3 Å². The summed E-state index contributed by atoms with van der Waals surface area (Å²) in [5.41, 5.74) is 1.47. The highest BCUT2D eigenvalue weighted by Crippen LogP contribution is 2.41. The topological polar surface area (TPSA) is 163 Å².